The lowest BCUT2D eigenvalue weighted by molar-refractivity contribution is -0.148. The number of amides is 5. The summed E-state index contributed by atoms with van der Waals surface area (Å²) in [5.74, 6) is -2.17. The van der Waals surface area contributed by atoms with E-state index in [1.165, 1.54) is 4.90 Å². The van der Waals surface area contributed by atoms with Crippen LogP contribution in [0, 0.1) is 47.8 Å². The smallest absolute Gasteiger partial charge is 0.410 e. The molecule has 11 atom stereocenters. The number of likely N-dealkylation sites (N-methyl/N-ethyl adjacent to an activating group) is 2. The second-order valence-electron chi connectivity index (χ2n) is 22.4. The summed E-state index contributed by atoms with van der Waals surface area (Å²) in [5.41, 5.74) is 5.25. The van der Waals surface area contributed by atoms with E-state index >= 15 is 0 Å². The molecule has 0 spiro atoms. The largest absolute Gasteiger partial charge is 0.448 e. The lowest BCUT2D eigenvalue weighted by atomic mass is 9.85. The van der Waals surface area contributed by atoms with E-state index in [4.69, 9.17) is 14.2 Å². The van der Waals surface area contributed by atoms with E-state index < -0.39 is 48.3 Å². The maximum atomic E-state index is 14.8. The Bertz CT molecular complexity index is 2290. The van der Waals surface area contributed by atoms with Crippen molar-refractivity contribution in [2.75, 3.05) is 34.9 Å². The third-order valence-corrected chi connectivity index (χ3v) is 15.4. The maximum Gasteiger partial charge on any atom is 0.410 e. The van der Waals surface area contributed by atoms with Crippen LogP contribution in [0.1, 0.15) is 118 Å². The normalized spacial score (nSPS) is 20.5. The van der Waals surface area contributed by atoms with Gasteiger partial charge in [0, 0.05) is 52.7 Å². The summed E-state index contributed by atoms with van der Waals surface area (Å²) in [4.78, 5) is 76.8. The number of hydrogen-bond acceptors (Lipinski definition) is 8. The van der Waals surface area contributed by atoms with Crippen molar-refractivity contribution in [2.45, 2.75) is 149 Å². The molecule has 0 unspecified atom stereocenters. The van der Waals surface area contributed by atoms with Crippen LogP contribution in [-0.4, -0.2) is 128 Å². The summed E-state index contributed by atoms with van der Waals surface area (Å²) in [7, 11) is 6.47. The second kappa shape index (κ2) is 24.2. The van der Waals surface area contributed by atoms with Crippen molar-refractivity contribution in [1.29, 1.82) is 0 Å². The van der Waals surface area contributed by atoms with E-state index in [0.29, 0.717) is 12.3 Å². The van der Waals surface area contributed by atoms with Gasteiger partial charge in [0.2, 0.25) is 23.6 Å². The first-order valence-corrected chi connectivity index (χ1v) is 26.2. The number of methoxy groups -OCH3 is 2. The quantitative estimate of drug-likeness (QED) is 0.0958. The second-order valence-corrected chi connectivity index (χ2v) is 22.4. The molecule has 2 fully saturated rings. The van der Waals surface area contributed by atoms with Crippen molar-refractivity contribution < 1.29 is 38.2 Å². The minimum Gasteiger partial charge on any atom is -0.448 e. The minimum absolute atomic E-state index is 0.00751. The molecule has 3 aliphatic rings. The standard InChI is InChI=1S/C59H83N5O8/c1-15-37(6)53(49(70-13)32-50(65)64-47-30-40(47)31-48(64)54(71-14)38(7)55(66)60-41(33-59(8,9)10)29-39-23-17-16-18-24-39)62(11)57(68)51(35(2)3)61-56(67)52(36(4)5)63(12)58(69)72-34-46-44-27-21-19-25-42(44)43-26-20-22-28-45(43)46/h16-29,33,35-38,40-41,46-49,51-54H,15,30-32,34H2,1-14H3,(H,60,66)(H,61,67)/t37-,38+,40-,41+,47-,48-,49+,51-,52-,53-,54+/m0/s1. The van der Waals surface area contributed by atoms with Gasteiger partial charge in [0.25, 0.3) is 0 Å². The van der Waals surface area contributed by atoms with Gasteiger partial charge in [-0.05, 0) is 76.2 Å². The number of carbonyl (C=O) groups is 5. The van der Waals surface area contributed by atoms with Crippen LogP contribution >= 0.6 is 0 Å². The van der Waals surface area contributed by atoms with Crippen LogP contribution in [0.3, 0.4) is 0 Å². The zero-order valence-corrected chi connectivity index (χ0v) is 45.4. The number of ether oxygens (including phenoxy) is 3. The van der Waals surface area contributed by atoms with E-state index in [0.717, 1.165) is 40.7 Å². The van der Waals surface area contributed by atoms with Crippen LogP contribution in [0.15, 0.2) is 78.9 Å². The van der Waals surface area contributed by atoms with E-state index in [-0.39, 0.29) is 78.0 Å². The molecule has 13 nitrogen and oxygen atoms in total. The van der Waals surface area contributed by atoms with Crippen LogP contribution in [-0.2, 0) is 33.4 Å². The molecule has 13 heteroatoms. The first-order valence-electron chi connectivity index (χ1n) is 26.2. The van der Waals surface area contributed by atoms with Crippen LogP contribution in [0.2, 0.25) is 0 Å². The van der Waals surface area contributed by atoms with E-state index in [9.17, 15) is 24.0 Å². The molecule has 3 aromatic carbocycles. The molecule has 72 heavy (non-hydrogen) atoms. The van der Waals surface area contributed by atoms with Gasteiger partial charge in [0.1, 0.15) is 18.7 Å². The topological polar surface area (TPSA) is 147 Å². The highest BCUT2D eigenvalue weighted by Crippen LogP contribution is 2.50. The Labute approximate surface area is 430 Å². The maximum absolute atomic E-state index is 14.8. The van der Waals surface area contributed by atoms with Crippen LogP contribution in [0.5, 0.6) is 0 Å². The molecule has 0 bridgehead atoms. The fourth-order valence-electron chi connectivity index (χ4n) is 11.5. The van der Waals surface area contributed by atoms with Gasteiger partial charge in [-0.2, -0.15) is 0 Å². The number of hydrogen-bond donors (Lipinski definition) is 2. The molecular formula is C59H83N5O8. The number of benzene rings is 3. The average molecular weight is 990 g/mol. The molecule has 0 aromatic heterocycles. The van der Waals surface area contributed by atoms with Crippen molar-refractivity contribution in [3.8, 4) is 11.1 Å². The molecule has 2 N–H and O–H groups in total. The minimum atomic E-state index is -0.949. The number of piperidine rings is 1. The van der Waals surface area contributed by atoms with Crippen molar-refractivity contribution >= 4 is 29.7 Å². The third-order valence-electron chi connectivity index (χ3n) is 15.4. The molecule has 5 amide bonds. The van der Waals surface area contributed by atoms with Gasteiger partial charge in [-0.3, -0.25) is 24.1 Å². The first kappa shape index (κ1) is 56.0. The molecule has 1 aliphatic heterocycles. The van der Waals surface area contributed by atoms with Crippen molar-refractivity contribution in [3.63, 3.8) is 0 Å². The SMILES string of the molecule is CC[C@H](C)[C@@H]([C@@H](CC(=O)N1[C@H]2C[C@H]2C[C@H]1[C@H](OC)[C@@H](C)C(=O)N[C@H]([CH]c1ccccc1)[CH]C(C)(C)C)OC)N(C)C(=O)[C@@H](NC(=O)[C@H](C(C)C)N(C)C(=O)OCC1c2ccccc2-c2ccccc21)C(C)C. The number of carbonyl (C=O) groups excluding carboxylic acids is 5. The number of fused-ring (bicyclic) bond motifs is 4. The van der Waals surface area contributed by atoms with E-state index in [1.807, 2.05) is 114 Å². The Morgan fingerprint density at radius 1 is 0.764 bits per heavy atom. The molecule has 1 saturated heterocycles. The summed E-state index contributed by atoms with van der Waals surface area (Å²) < 4.78 is 18.3. The molecule has 392 valence electrons. The Morgan fingerprint density at radius 3 is 1.90 bits per heavy atom. The number of nitrogens with one attached hydrogen (secondary N) is 2. The van der Waals surface area contributed by atoms with Gasteiger partial charge in [0.15, 0.2) is 0 Å². The Morgan fingerprint density at radius 2 is 1.36 bits per heavy atom. The highest BCUT2D eigenvalue weighted by molar-refractivity contribution is 5.92. The zero-order valence-electron chi connectivity index (χ0n) is 45.4. The van der Waals surface area contributed by atoms with Gasteiger partial charge >= 0.3 is 6.09 Å². The summed E-state index contributed by atoms with van der Waals surface area (Å²) in [6, 6.07) is 23.2. The molecular weight excluding hydrogens is 907 g/mol. The molecule has 2 aliphatic carbocycles. The van der Waals surface area contributed by atoms with Gasteiger partial charge in [-0.25, -0.2) is 4.79 Å². The van der Waals surface area contributed by atoms with Crippen molar-refractivity contribution in [2.24, 2.45) is 35.0 Å². The van der Waals surface area contributed by atoms with Crippen LogP contribution < -0.4 is 10.6 Å². The fraction of sp³-hybridized carbons (Fsp3) is 0.576. The summed E-state index contributed by atoms with van der Waals surface area (Å²) in [5, 5.41) is 6.29. The molecule has 1 heterocycles. The molecule has 1 saturated carbocycles. The van der Waals surface area contributed by atoms with Crippen LogP contribution in [0.4, 0.5) is 4.79 Å². The summed E-state index contributed by atoms with van der Waals surface area (Å²) in [6.45, 7) is 19.9. The monoisotopic (exact) mass is 990 g/mol. The number of likely N-dealkylation sites (tertiary alicyclic amines) is 1. The predicted molar refractivity (Wildman–Crippen MR) is 282 cm³/mol. The lowest BCUT2D eigenvalue weighted by Crippen LogP contribution is -2.60. The highest BCUT2D eigenvalue weighted by atomic mass is 16.6. The van der Waals surface area contributed by atoms with Crippen molar-refractivity contribution in [1.82, 2.24) is 25.3 Å². The molecule has 2 radical (unpaired) electrons. The van der Waals surface area contributed by atoms with Crippen LogP contribution in [0.25, 0.3) is 11.1 Å². The lowest BCUT2D eigenvalue weighted by Gasteiger charge is -2.41. The van der Waals surface area contributed by atoms with Gasteiger partial charge in [0.05, 0.1) is 36.6 Å². The number of rotatable bonds is 23. The Hall–Kier alpha value is -5.27. The van der Waals surface area contributed by atoms with Gasteiger partial charge < -0.3 is 34.6 Å². The number of nitrogens with zero attached hydrogens (tertiary/aromatic N) is 3. The van der Waals surface area contributed by atoms with Crippen molar-refractivity contribution in [3.05, 3.63) is 108 Å². The van der Waals surface area contributed by atoms with Gasteiger partial charge in [-0.1, -0.05) is 155 Å². The highest BCUT2D eigenvalue weighted by Gasteiger charge is 2.57. The summed E-state index contributed by atoms with van der Waals surface area (Å²) >= 11 is 0. The Balaban J connectivity index is 1.13. The average Bonchev–Trinajstić information content (AvgIpc) is 3.88. The third kappa shape index (κ3) is 12.9. The van der Waals surface area contributed by atoms with E-state index in [1.54, 1.807) is 33.2 Å². The van der Waals surface area contributed by atoms with E-state index in [2.05, 4.69) is 62.1 Å². The molecule has 6 rings (SSSR count). The summed E-state index contributed by atoms with van der Waals surface area (Å²) in [6.07, 6.45) is 4.62. The zero-order chi connectivity index (χ0) is 52.8. The fourth-order valence-corrected chi connectivity index (χ4v) is 11.5. The molecule has 3 aromatic rings. The first-order chi connectivity index (χ1) is 34.1. The predicted octanol–water partition coefficient (Wildman–Crippen LogP) is 8.94. The Kier molecular flexibility index (Phi) is 18.8. The van der Waals surface area contributed by atoms with Gasteiger partial charge in [-0.15, -0.1) is 0 Å².